The summed E-state index contributed by atoms with van der Waals surface area (Å²) in [5.74, 6) is 0.650. The van der Waals surface area contributed by atoms with Gasteiger partial charge in [0, 0.05) is 55.9 Å². The van der Waals surface area contributed by atoms with Gasteiger partial charge in [0.1, 0.15) is 0 Å². The molecule has 0 radical (unpaired) electrons. The molecule has 1 aliphatic heterocycles. The molecule has 2 aromatic rings. The predicted octanol–water partition coefficient (Wildman–Crippen LogP) is 4.12. The third-order valence-electron chi connectivity index (χ3n) is 6.78. The predicted molar refractivity (Wildman–Crippen MR) is 132 cm³/mol. The van der Waals surface area contributed by atoms with Crippen molar-refractivity contribution in [3.63, 3.8) is 0 Å². The summed E-state index contributed by atoms with van der Waals surface area (Å²) in [4.78, 5) is 23.6. The molecule has 178 valence electrons. The first-order valence-electron chi connectivity index (χ1n) is 11.7. The van der Waals surface area contributed by atoms with Gasteiger partial charge in [-0.25, -0.2) is 9.97 Å². The van der Waals surface area contributed by atoms with E-state index in [-0.39, 0.29) is 11.3 Å². The molecule has 1 aromatic carbocycles. The summed E-state index contributed by atoms with van der Waals surface area (Å²) in [5, 5.41) is 7.56. The molecule has 1 saturated carbocycles. The highest BCUT2D eigenvalue weighted by Crippen LogP contribution is 2.37. The lowest BCUT2D eigenvalue weighted by molar-refractivity contribution is 0.0737. The molecule has 0 saturated heterocycles. The number of carbonyl (C=O) groups is 1. The zero-order chi connectivity index (χ0) is 23.6. The molecule has 0 unspecified atom stereocenters. The molecule has 2 N–H and O–H groups in total. The molecule has 33 heavy (non-hydrogen) atoms. The number of ether oxygens (including phenoxy) is 1. The topological polar surface area (TPSA) is 79.4 Å². The van der Waals surface area contributed by atoms with Crippen molar-refractivity contribution >= 4 is 23.5 Å². The second kappa shape index (κ2) is 9.95. The van der Waals surface area contributed by atoms with Crippen LogP contribution in [-0.2, 0) is 10.2 Å². The average molecular weight is 472 g/mol. The Balaban J connectivity index is 1.49. The van der Waals surface area contributed by atoms with Gasteiger partial charge in [0.15, 0.2) is 0 Å². The number of likely N-dealkylation sites (N-methyl/N-ethyl adjacent to an activating group) is 1. The summed E-state index contributed by atoms with van der Waals surface area (Å²) >= 11 is 6.51. The zero-order valence-corrected chi connectivity index (χ0v) is 20.7. The van der Waals surface area contributed by atoms with E-state index in [4.69, 9.17) is 21.3 Å². The highest BCUT2D eigenvalue weighted by atomic mass is 35.5. The molecular formula is C25H34ClN5O2. The van der Waals surface area contributed by atoms with Gasteiger partial charge in [-0.15, -0.1) is 0 Å². The van der Waals surface area contributed by atoms with Gasteiger partial charge in [-0.2, -0.15) is 0 Å². The number of methoxy groups -OCH3 is 1. The van der Waals surface area contributed by atoms with Crippen LogP contribution in [0.25, 0.3) is 11.3 Å². The minimum Gasteiger partial charge on any atom is -0.383 e. The molecule has 7 nitrogen and oxygen atoms in total. The molecular weight excluding hydrogens is 438 g/mol. The van der Waals surface area contributed by atoms with Crippen LogP contribution in [-0.4, -0.2) is 66.7 Å². The monoisotopic (exact) mass is 471 g/mol. The zero-order valence-electron chi connectivity index (χ0n) is 19.9. The first-order valence-corrected chi connectivity index (χ1v) is 12.1. The molecule has 2 aliphatic rings. The van der Waals surface area contributed by atoms with Crippen molar-refractivity contribution in [2.75, 3.05) is 39.2 Å². The van der Waals surface area contributed by atoms with Crippen LogP contribution in [0.2, 0.25) is 5.02 Å². The molecule has 1 aliphatic carbocycles. The van der Waals surface area contributed by atoms with Crippen molar-refractivity contribution in [3.8, 4) is 11.3 Å². The number of fused-ring (bicyclic) bond motifs is 1. The molecule has 8 heteroatoms. The molecule has 4 rings (SSSR count). The van der Waals surface area contributed by atoms with Crippen molar-refractivity contribution in [2.24, 2.45) is 0 Å². The van der Waals surface area contributed by atoms with Crippen LogP contribution in [0, 0.1) is 0 Å². The summed E-state index contributed by atoms with van der Waals surface area (Å²) in [6.45, 7) is 6.63. The number of nitrogens with one attached hydrogen (secondary N) is 2. The minimum absolute atomic E-state index is 0.0549. The van der Waals surface area contributed by atoms with E-state index in [1.165, 1.54) is 0 Å². The van der Waals surface area contributed by atoms with E-state index in [1.807, 2.05) is 19.2 Å². The largest absolute Gasteiger partial charge is 0.383 e. The van der Waals surface area contributed by atoms with Gasteiger partial charge in [0.25, 0.3) is 5.91 Å². The maximum absolute atomic E-state index is 12.6. The molecule has 1 fully saturated rings. The first-order chi connectivity index (χ1) is 15.8. The van der Waals surface area contributed by atoms with E-state index in [0.717, 1.165) is 55.5 Å². The number of amides is 1. The van der Waals surface area contributed by atoms with Crippen LogP contribution >= 0.6 is 11.6 Å². The van der Waals surface area contributed by atoms with Gasteiger partial charge < -0.3 is 20.3 Å². The van der Waals surface area contributed by atoms with Gasteiger partial charge in [-0.05, 0) is 43.4 Å². The standard InChI is InChI=1S/C25H34ClN5O2/c1-25(2)15-31(3)23(32)19-10-5-16(13-20(19)25)22-21(26)14-28-24(30-22)29-18-8-6-17(7-9-18)27-11-12-33-4/h5,10,13-14,17-18,27H,6-9,11-12,15H2,1-4H3,(H,28,29,30)/t17-,18-. The Labute approximate surface area is 201 Å². The van der Waals surface area contributed by atoms with Crippen LogP contribution in [0.1, 0.15) is 55.5 Å². The molecule has 0 atom stereocenters. The number of halogens is 1. The van der Waals surface area contributed by atoms with E-state index >= 15 is 0 Å². The van der Waals surface area contributed by atoms with Crippen LogP contribution in [0.5, 0.6) is 0 Å². The molecule has 2 heterocycles. The summed E-state index contributed by atoms with van der Waals surface area (Å²) < 4.78 is 5.12. The summed E-state index contributed by atoms with van der Waals surface area (Å²) in [6.07, 6.45) is 6.02. The number of hydrogen-bond donors (Lipinski definition) is 2. The SMILES string of the molecule is COCCN[C@H]1CC[C@H](Nc2ncc(Cl)c(-c3ccc4c(c3)C(C)(C)CN(C)C4=O)n2)CC1. The Morgan fingerprint density at radius 1 is 1.21 bits per heavy atom. The minimum atomic E-state index is -0.148. The third-order valence-corrected chi connectivity index (χ3v) is 7.05. The van der Waals surface area contributed by atoms with Crippen LogP contribution < -0.4 is 10.6 Å². The maximum Gasteiger partial charge on any atom is 0.253 e. The van der Waals surface area contributed by atoms with Gasteiger partial charge in [0.2, 0.25) is 5.95 Å². The Morgan fingerprint density at radius 3 is 2.67 bits per heavy atom. The Hall–Kier alpha value is -2.22. The maximum atomic E-state index is 12.6. The van der Waals surface area contributed by atoms with Crippen molar-refractivity contribution in [1.29, 1.82) is 0 Å². The fourth-order valence-corrected chi connectivity index (χ4v) is 5.22. The molecule has 1 amide bonds. The lowest BCUT2D eigenvalue weighted by Gasteiger charge is -2.38. The van der Waals surface area contributed by atoms with Crippen LogP contribution in [0.15, 0.2) is 24.4 Å². The Bertz CT molecular complexity index is 1000. The van der Waals surface area contributed by atoms with Gasteiger partial charge in [-0.3, -0.25) is 4.79 Å². The first kappa shape index (κ1) is 23.9. The highest BCUT2D eigenvalue weighted by molar-refractivity contribution is 6.32. The number of nitrogens with zero attached hydrogens (tertiary/aromatic N) is 3. The number of rotatable bonds is 7. The van der Waals surface area contributed by atoms with Crippen molar-refractivity contribution in [2.45, 2.75) is 57.0 Å². The summed E-state index contributed by atoms with van der Waals surface area (Å²) in [6, 6.07) is 6.78. The second-order valence-electron chi connectivity index (χ2n) is 9.84. The second-order valence-corrected chi connectivity index (χ2v) is 10.2. The normalized spacial score (nSPS) is 22.2. The van der Waals surface area contributed by atoms with Gasteiger partial charge >= 0.3 is 0 Å². The number of hydrogen-bond acceptors (Lipinski definition) is 6. The van der Waals surface area contributed by atoms with Crippen LogP contribution in [0.3, 0.4) is 0 Å². The number of aromatic nitrogens is 2. The summed E-state index contributed by atoms with van der Waals surface area (Å²) in [5.41, 5.74) is 3.23. The quantitative estimate of drug-likeness (QED) is 0.591. The average Bonchev–Trinajstić information content (AvgIpc) is 2.80. The van der Waals surface area contributed by atoms with E-state index in [2.05, 4.69) is 35.5 Å². The van der Waals surface area contributed by atoms with Crippen LogP contribution in [0.4, 0.5) is 5.95 Å². The molecule has 0 spiro atoms. The van der Waals surface area contributed by atoms with Gasteiger partial charge in [0.05, 0.1) is 23.5 Å². The fraction of sp³-hybridized carbons (Fsp3) is 0.560. The number of benzene rings is 1. The van der Waals surface area contributed by atoms with E-state index in [0.29, 0.717) is 35.3 Å². The smallest absolute Gasteiger partial charge is 0.253 e. The number of anilines is 1. The molecule has 0 bridgehead atoms. The lowest BCUT2D eigenvalue weighted by atomic mass is 9.77. The lowest BCUT2D eigenvalue weighted by Crippen LogP contribution is -2.44. The highest BCUT2D eigenvalue weighted by Gasteiger charge is 2.35. The Morgan fingerprint density at radius 2 is 1.94 bits per heavy atom. The van der Waals surface area contributed by atoms with Gasteiger partial charge in [-0.1, -0.05) is 31.5 Å². The van der Waals surface area contributed by atoms with Crippen molar-refractivity contribution < 1.29 is 9.53 Å². The van der Waals surface area contributed by atoms with E-state index in [1.54, 1.807) is 18.2 Å². The van der Waals surface area contributed by atoms with E-state index < -0.39 is 0 Å². The number of carbonyl (C=O) groups excluding carboxylic acids is 1. The fourth-order valence-electron chi connectivity index (χ4n) is 5.02. The van der Waals surface area contributed by atoms with Crippen molar-refractivity contribution in [1.82, 2.24) is 20.2 Å². The molecule has 1 aromatic heterocycles. The third kappa shape index (κ3) is 5.31. The van der Waals surface area contributed by atoms with Crippen molar-refractivity contribution in [3.05, 3.63) is 40.5 Å². The summed E-state index contributed by atoms with van der Waals surface area (Å²) in [7, 11) is 3.58. The Kier molecular flexibility index (Phi) is 7.22. The van der Waals surface area contributed by atoms with E-state index in [9.17, 15) is 4.79 Å².